The fourth-order valence-corrected chi connectivity index (χ4v) is 2.19. The molecule has 0 bridgehead atoms. The molecule has 0 amide bonds. The van der Waals surface area contributed by atoms with Gasteiger partial charge in [-0.05, 0) is 26.0 Å². The van der Waals surface area contributed by atoms with Gasteiger partial charge in [-0.3, -0.25) is 4.98 Å². The van der Waals surface area contributed by atoms with Crippen molar-refractivity contribution < 1.29 is 0 Å². The number of aromatic nitrogens is 1. The van der Waals surface area contributed by atoms with Crippen LogP contribution in [0, 0.1) is 13.8 Å². The molecule has 2 heteroatoms. The van der Waals surface area contributed by atoms with Gasteiger partial charge in [-0.25, -0.2) is 0 Å². The number of fused-ring (bicyclic) bond motifs is 1. The predicted molar refractivity (Wildman–Crippen MR) is 60.4 cm³/mol. The minimum absolute atomic E-state index is 1.13. The lowest BCUT2D eigenvalue weighted by Crippen LogP contribution is -1.76. The number of hydrogen-bond acceptors (Lipinski definition) is 2. The Bertz CT molecular complexity index is 390. The molecule has 0 unspecified atom stereocenters. The highest BCUT2D eigenvalue weighted by Gasteiger charge is 1.99. The van der Waals surface area contributed by atoms with Crippen molar-refractivity contribution in [3.63, 3.8) is 0 Å². The zero-order valence-electron chi connectivity index (χ0n) is 8.59. The normalized spacial score (nSPS) is 9.54. The van der Waals surface area contributed by atoms with Crippen LogP contribution in [0.5, 0.6) is 0 Å². The maximum atomic E-state index is 4.23. The number of nitrogens with zero attached hydrogens (tertiary/aromatic N) is 1. The third-order valence-electron chi connectivity index (χ3n) is 1.77. The number of hydrogen-bond donors (Lipinski definition) is 0. The van der Waals surface area contributed by atoms with Crippen LogP contribution < -0.4 is 0 Å². The van der Waals surface area contributed by atoms with Gasteiger partial charge in [0.1, 0.15) is 0 Å². The first kappa shape index (κ1) is 10.2. The topological polar surface area (TPSA) is 12.9 Å². The van der Waals surface area contributed by atoms with E-state index in [1.165, 1.54) is 15.0 Å². The summed E-state index contributed by atoms with van der Waals surface area (Å²) in [5, 5.41) is 1.30. The first-order valence-electron chi connectivity index (χ1n) is 4.59. The molecule has 0 N–H and O–H groups in total. The molecule has 1 nitrogen and oxygen atoms in total. The Labute approximate surface area is 83.4 Å². The molecule has 0 aliphatic heterocycles. The second-order valence-electron chi connectivity index (χ2n) is 2.67. The Morgan fingerprint density at radius 1 is 1.23 bits per heavy atom. The molecule has 0 spiro atoms. The van der Waals surface area contributed by atoms with E-state index in [0.717, 1.165) is 5.69 Å². The summed E-state index contributed by atoms with van der Waals surface area (Å²) in [6.45, 7) is 8.18. The number of pyridine rings is 1. The second-order valence-corrected chi connectivity index (χ2v) is 3.95. The molecular formula is C11H15NS. The minimum Gasteiger partial charge on any atom is -0.261 e. The molecule has 0 saturated carbocycles. The van der Waals surface area contributed by atoms with E-state index in [4.69, 9.17) is 0 Å². The Hall–Kier alpha value is -0.890. The van der Waals surface area contributed by atoms with E-state index in [1.807, 2.05) is 31.4 Å². The van der Waals surface area contributed by atoms with Crippen LogP contribution in [0.2, 0.25) is 0 Å². The fourth-order valence-electron chi connectivity index (χ4n) is 1.23. The molecule has 70 valence electrons. The SMILES string of the molecule is CC.Cc1cc2c(C)nccc2s1. The lowest BCUT2D eigenvalue weighted by atomic mass is 10.2. The monoisotopic (exact) mass is 193 g/mol. The van der Waals surface area contributed by atoms with E-state index in [2.05, 4.69) is 31.0 Å². The van der Waals surface area contributed by atoms with Gasteiger partial charge in [0.2, 0.25) is 0 Å². The third-order valence-corrected chi connectivity index (χ3v) is 2.78. The standard InChI is InChI=1S/C9H9NS.C2H6/c1-6-5-8-7(2)10-4-3-9(8)11-6;1-2/h3-5H,1-2H3;1-2H3. The highest BCUT2D eigenvalue weighted by molar-refractivity contribution is 7.19. The average Bonchev–Trinajstić information content (AvgIpc) is 2.51. The van der Waals surface area contributed by atoms with Crippen LogP contribution in [0.25, 0.3) is 10.1 Å². The second kappa shape index (κ2) is 4.38. The largest absolute Gasteiger partial charge is 0.261 e. The fraction of sp³-hybridized carbons (Fsp3) is 0.364. The molecule has 2 aromatic rings. The first-order chi connectivity index (χ1) is 6.27. The van der Waals surface area contributed by atoms with E-state index in [1.54, 1.807) is 0 Å². The van der Waals surface area contributed by atoms with E-state index in [0.29, 0.717) is 0 Å². The van der Waals surface area contributed by atoms with E-state index in [-0.39, 0.29) is 0 Å². The zero-order chi connectivity index (χ0) is 9.84. The molecule has 2 rings (SSSR count). The van der Waals surface area contributed by atoms with Gasteiger partial charge in [0.15, 0.2) is 0 Å². The highest BCUT2D eigenvalue weighted by Crippen LogP contribution is 2.25. The molecule has 13 heavy (non-hydrogen) atoms. The molecule has 0 aromatic carbocycles. The van der Waals surface area contributed by atoms with Gasteiger partial charge < -0.3 is 0 Å². The summed E-state index contributed by atoms with van der Waals surface area (Å²) in [6.07, 6.45) is 1.87. The van der Waals surface area contributed by atoms with Crippen LogP contribution in [0.3, 0.4) is 0 Å². The number of aryl methyl sites for hydroxylation is 2. The Morgan fingerprint density at radius 2 is 1.92 bits per heavy atom. The molecule has 0 fully saturated rings. The van der Waals surface area contributed by atoms with Crippen molar-refractivity contribution in [2.75, 3.05) is 0 Å². The van der Waals surface area contributed by atoms with E-state index >= 15 is 0 Å². The van der Waals surface area contributed by atoms with Gasteiger partial charge in [0.05, 0.1) is 0 Å². The first-order valence-corrected chi connectivity index (χ1v) is 5.41. The highest BCUT2D eigenvalue weighted by atomic mass is 32.1. The molecule has 0 radical (unpaired) electrons. The molecule has 0 saturated heterocycles. The van der Waals surface area contributed by atoms with Crippen LogP contribution in [0.4, 0.5) is 0 Å². The molecule has 2 heterocycles. The summed E-state index contributed by atoms with van der Waals surface area (Å²) in [5.74, 6) is 0. The van der Waals surface area contributed by atoms with Crippen molar-refractivity contribution in [1.82, 2.24) is 4.98 Å². The van der Waals surface area contributed by atoms with Crippen LogP contribution in [0.15, 0.2) is 18.3 Å². The van der Waals surface area contributed by atoms with Crippen LogP contribution in [-0.2, 0) is 0 Å². The van der Waals surface area contributed by atoms with Gasteiger partial charge in [-0.15, -0.1) is 11.3 Å². The summed E-state index contributed by atoms with van der Waals surface area (Å²) in [6, 6.07) is 4.27. The van der Waals surface area contributed by atoms with Crippen molar-refractivity contribution in [2.24, 2.45) is 0 Å². The summed E-state index contributed by atoms with van der Waals surface area (Å²) in [4.78, 5) is 5.58. The molecule has 0 aliphatic carbocycles. The molecule has 2 aromatic heterocycles. The summed E-state index contributed by atoms with van der Waals surface area (Å²) in [5.41, 5.74) is 1.13. The minimum atomic E-state index is 1.13. The van der Waals surface area contributed by atoms with Crippen LogP contribution in [0.1, 0.15) is 24.4 Å². The Morgan fingerprint density at radius 3 is 2.54 bits per heavy atom. The molecule has 0 atom stereocenters. The zero-order valence-corrected chi connectivity index (χ0v) is 9.40. The van der Waals surface area contributed by atoms with Gasteiger partial charge >= 0.3 is 0 Å². The van der Waals surface area contributed by atoms with E-state index in [9.17, 15) is 0 Å². The van der Waals surface area contributed by atoms with E-state index < -0.39 is 0 Å². The average molecular weight is 193 g/mol. The third kappa shape index (κ3) is 2.07. The summed E-state index contributed by atoms with van der Waals surface area (Å²) in [7, 11) is 0. The molecular weight excluding hydrogens is 178 g/mol. The van der Waals surface area contributed by atoms with Crippen LogP contribution >= 0.6 is 11.3 Å². The molecule has 0 aliphatic rings. The lowest BCUT2D eigenvalue weighted by Gasteiger charge is -1.90. The van der Waals surface area contributed by atoms with Gasteiger partial charge in [0, 0.05) is 26.9 Å². The number of thiophene rings is 1. The Balaban J connectivity index is 0.000000396. The smallest absolute Gasteiger partial charge is 0.0459 e. The maximum absolute atomic E-state index is 4.23. The van der Waals surface area contributed by atoms with Crippen molar-refractivity contribution >= 4 is 21.4 Å². The van der Waals surface area contributed by atoms with Crippen molar-refractivity contribution in [2.45, 2.75) is 27.7 Å². The number of rotatable bonds is 0. The van der Waals surface area contributed by atoms with Crippen LogP contribution in [-0.4, -0.2) is 4.98 Å². The van der Waals surface area contributed by atoms with Crippen molar-refractivity contribution in [3.05, 3.63) is 28.9 Å². The maximum Gasteiger partial charge on any atom is 0.0459 e. The predicted octanol–water partition coefficient (Wildman–Crippen LogP) is 3.94. The van der Waals surface area contributed by atoms with Gasteiger partial charge in [-0.2, -0.15) is 0 Å². The van der Waals surface area contributed by atoms with Gasteiger partial charge in [-0.1, -0.05) is 13.8 Å². The van der Waals surface area contributed by atoms with Crippen molar-refractivity contribution in [1.29, 1.82) is 0 Å². The van der Waals surface area contributed by atoms with Crippen molar-refractivity contribution in [3.8, 4) is 0 Å². The summed E-state index contributed by atoms with van der Waals surface area (Å²) < 4.78 is 1.34. The lowest BCUT2D eigenvalue weighted by molar-refractivity contribution is 1.24. The summed E-state index contributed by atoms with van der Waals surface area (Å²) >= 11 is 1.83. The Kier molecular flexibility index (Phi) is 3.43. The van der Waals surface area contributed by atoms with Gasteiger partial charge in [0.25, 0.3) is 0 Å². The quantitative estimate of drug-likeness (QED) is 0.617.